The van der Waals surface area contributed by atoms with Gasteiger partial charge >= 0.3 is 0 Å². The molecule has 0 aliphatic rings. The van der Waals surface area contributed by atoms with Gasteiger partial charge in [-0.15, -0.1) is 0 Å². The fourth-order valence-electron chi connectivity index (χ4n) is 1.59. The van der Waals surface area contributed by atoms with E-state index in [2.05, 4.69) is 0 Å². The zero-order chi connectivity index (χ0) is 13.8. The summed E-state index contributed by atoms with van der Waals surface area (Å²) in [5, 5.41) is 7.49. The van der Waals surface area contributed by atoms with Crippen LogP contribution in [0.3, 0.4) is 0 Å². The minimum Gasteiger partial charge on any atom is -0.497 e. The van der Waals surface area contributed by atoms with Gasteiger partial charge in [-0.05, 0) is 24.3 Å². The molecule has 0 aliphatic heterocycles. The van der Waals surface area contributed by atoms with Gasteiger partial charge in [0.25, 0.3) is 0 Å². The lowest BCUT2D eigenvalue weighted by Crippen LogP contribution is -2.12. The average Bonchev–Trinajstić information content (AvgIpc) is 2.38. The number of nitrogens with one attached hydrogen (secondary N) is 1. The van der Waals surface area contributed by atoms with Crippen LogP contribution < -0.4 is 15.2 Å². The molecule has 0 unspecified atom stereocenters. The average molecular weight is 260 g/mol. The smallest absolute Gasteiger partial charge is 0.142 e. The first-order chi connectivity index (χ1) is 9.10. The highest BCUT2D eigenvalue weighted by Gasteiger charge is 2.10. The predicted octanol–water partition coefficient (Wildman–Crippen LogP) is 2.91. The first-order valence-electron chi connectivity index (χ1n) is 5.56. The maximum atomic E-state index is 13.1. The summed E-state index contributed by atoms with van der Waals surface area (Å²) in [5.74, 6) is 0.712. The third-order valence-electron chi connectivity index (χ3n) is 2.50. The summed E-state index contributed by atoms with van der Waals surface area (Å²) in [7, 11) is 1.52. The van der Waals surface area contributed by atoms with Crippen LogP contribution in [0.5, 0.6) is 17.2 Å². The number of hydrogen-bond donors (Lipinski definition) is 2. The molecular weight excluding hydrogens is 247 g/mol. The van der Waals surface area contributed by atoms with Gasteiger partial charge in [0.1, 0.15) is 28.9 Å². The zero-order valence-electron chi connectivity index (χ0n) is 10.3. The summed E-state index contributed by atoms with van der Waals surface area (Å²) in [5.41, 5.74) is 5.90. The molecule has 2 rings (SSSR count). The van der Waals surface area contributed by atoms with Gasteiger partial charge in [-0.2, -0.15) is 0 Å². The second-order valence-corrected chi connectivity index (χ2v) is 3.84. The van der Waals surface area contributed by atoms with Gasteiger partial charge in [0.2, 0.25) is 0 Å². The number of benzene rings is 2. The quantitative estimate of drug-likeness (QED) is 0.656. The Morgan fingerprint density at radius 2 is 1.95 bits per heavy atom. The summed E-state index contributed by atoms with van der Waals surface area (Å²) < 4.78 is 23.7. The van der Waals surface area contributed by atoms with E-state index in [0.717, 1.165) is 0 Å². The molecule has 0 aliphatic carbocycles. The van der Waals surface area contributed by atoms with Crippen LogP contribution in [0.4, 0.5) is 4.39 Å². The van der Waals surface area contributed by atoms with E-state index >= 15 is 0 Å². The zero-order valence-corrected chi connectivity index (χ0v) is 10.3. The number of amidine groups is 1. The van der Waals surface area contributed by atoms with Gasteiger partial charge in [-0.3, -0.25) is 5.41 Å². The third-order valence-corrected chi connectivity index (χ3v) is 2.50. The largest absolute Gasteiger partial charge is 0.497 e. The Bertz CT molecular complexity index is 614. The van der Waals surface area contributed by atoms with Crippen molar-refractivity contribution in [1.82, 2.24) is 0 Å². The highest BCUT2D eigenvalue weighted by molar-refractivity contribution is 5.97. The van der Waals surface area contributed by atoms with Gasteiger partial charge in [-0.25, -0.2) is 4.39 Å². The van der Waals surface area contributed by atoms with Crippen LogP contribution in [-0.4, -0.2) is 12.9 Å². The Kier molecular flexibility index (Phi) is 3.66. The fourth-order valence-corrected chi connectivity index (χ4v) is 1.59. The topological polar surface area (TPSA) is 68.3 Å². The number of hydrogen-bond acceptors (Lipinski definition) is 3. The molecule has 0 fully saturated rings. The monoisotopic (exact) mass is 260 g/mol. The molecule has 0 aromatic heterocycles. The minimum atomic E-state index is -0.398. The van der Waals surface area contributed by atoms with Crippen LogP contribution in [0.1, 0.15) is 5.56 Å². The molecule has 0 saturated heterocycles. The molecule has 3 N–H and O–H groups in total. The van der Waals surface area contributed by atoms with Gasteiger partial charge < -0.3 is 15.2 Å². The molecule has 0 atom stereocenters. The molecule has 0 amide bonds. The van der Waals surface area contributed by atoms with Crippen LogP contribution in [0.15, 0.2) is 42.5 Å². The normalized spacial score (nSPS) is 10.0. The second kappa shape index (κ2) is 5.39. The van der Waals surface area contributed by atoms with Crippen LogP contribution in [0.2, 0.25) is 0 Å². The van der Waals surface area contributed by atoms with Crippen LogP contribution in [-0.2, 0) is 0 Å². The molecule has 98 valence electrons. The molecule has 4 nitrogen and oxygen atoms in total. The summed E-state index contributed by atoms with van der Waals surface area (Å²) in [6.45, 7) is 0. The molecule has 0 radical (unpaired) electrons. The maximum Gasteiger partial charge on any atom is 0.142 e. The fraction of sp³-hybridized carbons (Fsp3) is 0.0714. The van der Waals surface area contributed by atoms with Crippen molar-refractivity contribution in [3.8, 4) is 17.2 Å². The van der Waals surface area contributed by atoms with Crippen molar-refractivity contribution >= 4 is 5.84 Å². The lowest BCUT2D eigenvalue weighted by Gasteiger charge is -2.11. The van der Waals surface area contributed by atoms with Gasteiger partial charge in [0.15, 0.2) is 0 Å². The Hall–Kier alpha value is -2.56. The molecule has 0 spiro atoms. The number of rotatable bonds is 4. The Morgan fingerprint density at radius 1 is 1.16 bits per heavy atom. The highest BCUT2D eigenvalue weighted by Crippen LogP contribution is 2.29. The molecule has 0 saturated carbocycles. The van der Waals surface area contributed by atoms with Crippen molar-refractivity contribution in [3.05, 3.63) is 53.8 Å². The third kappa shape index (κ3) is 3.01. The molecule has 0 bridgehead atoms. The Morgan fingerprint density at radius 3 is 2.58 bits per heavy atom. The highest BCUT2D eigenvalue weighted by atomic mass is 19.1. The van der Waals surface area contributed by atoms with E-state index in [1.165, 1.54) is 25.3 Å². The van der Waals surface area contributed by atoms with Crippen molar-refractivity contribution < 1.29 is 13.9 Å². The van der Waals surface area contributed by atoms with Gasteiger partial charge in [0, 0.05) is 12.1 Å². The van der Waals surface area contributed by atoms with E-state index in [4.69, 9.17) is 20.6 Å². The molecule has 2 aromatic rings. The van der Waals surface area contributed by atoms with Crippen molar-refractivity contribution in [2.75, 3.05) is 7.11 Å². The van der Waals surface area contributed by atoms with Crippen molar-refractivity contribution in [2.45, 2.75) is 0 Å². The van der Waals surface area contributed by atoms with E-state index in [9.17, 15) is 4.39 Å². The number of methoxy groups -OCH3 is 1. The van der Waals surface area contributed by atoms with Crippen molar-refractivity contribution in [2.24, 2.45) is 5.73 Å². The number of nitrogen functional groups attached to an aromatic ring is 1. The Labute approximate surface area is 110 Å². The second-order valence-electron chi connectivity index (χ2n) is 3.84. The molecule has 19 heavy (non-hydrogen) atoms. The van der Waals surface area contributed by atoms with Gasteiger partial charge in [0.05, 0.1) is 12.7 Å². The SMILES string of the molecule is COc1ccc(C(=N)N)c(Oc2cccc(F)c2)c1. The predicted molar refractivity (Wildman–Crippen MR) is 70.5 cm³/mol. The summed E-state index contributed by atoms with van der Waals surface area (Å²) in [6, 6.07) is 10.6. The van der Waals surface area contributed by atoms with E-state index < -0.39 is 5.82 Å². The molecular formula is C14H13FN2O2. The maximum absolute atomic E-state index is 13.1. The Balaban J connectivity index is 2.39. The first kappa shape index (κ1) is 12.9. The molecule has 2 aromatic carbocycles. The van der Waals surface area contributed by atoms with Crippen LogP contribution in [0, 0.1) is 11.2 Å². The minimum absolute atomic E-state index is 0.131. The van der Waals surface area contributed by atoms with Gasteiger partial charge in [-0.1, -0.05) is 6.07 Å². The summed E-state index contributed by atoms with van der Waals surface area (Å²) in [6.07, 6.45) is 0. The summed E-state index contributed by atoms with van der Waals surface area (Å²) >= 11 is 0. The molecule has 5 heteroatoms. The molecule has 0 heterocycles. The standard InChI is InChI=1S/C14H13FN2O2/c1-18-10-5-6-12(14(16)17)13(8-10)19-11-4-2-3-9(15)7-11/h2-8H,1H3,(H3,16,17). The summed E-state index contributed by atoms with van der Waals surface area (Å²) in [4.78, 5) is 0. The van der Waals surface area contributed by atoms with Crippen LogP contribution in [0.25, 0.3) is 0 Å². The first-order valence-corrected chi connectivity index (χ1v) is 5.56. The van der Waals surface area contributed by atoms with E-state index in [1.807, 2.05) is 0 Å². The van der Waals surface area contributed by atoms with Crippen molar-refractivity contribution in [1.29, 1.82) is 5.41 Å². The number of ether oxygens (including phenoxy) is 2. The van der Waals surface area contributed by atoms with Crippen molar-refractivity contribution in [3.63, 3.8) is 0 Å². The number of halogens is 1. The lowest BCUT2D eigenvalue weighted by atomic mass is 10.1. The van der Waals surface area contributed by atoms with E-state index in [-0.39, 0.29) is 5.84 Å². The lowest BCUT2D eigenvalue weighted by molar-refractivity contribution is 0.408. The number of nitrogens with two attached hydrogens (primary N) is 1. The van der Waals surface area contributed by atoms with E-state index in [1.54, 1.807) is 24.3 Å². The van der Waals surface area contributed by atoms with E-state index in [0.29, 0.717) is 22.8 Å². The van der Waals surface area contributed by atoms with Crippen LogP contribution >= 0.6 is 0 Å².